The highest BCUT2D eigenvalue weighted by atomic mass is 16.5. The molecule has 1 fully saturated rings. The van der Waals surface area contributed by atoms with Gasteiger partial charge >= 0.3 is 0 Å². The fourth-order valence-corrected chi connectivity index (χ4v) is 2.08. The zero-order valence-electron chi connectivity index (χ0n) is 11.4. The van der Waals surface area contributed by atoms with E-state index in [2.05, 4.69) is 34.0 Å². The van der Waals surface area contributed by atoms with Crippen LogP contribution in [-0.4, -0.2) is 42.3 Å². The molecule has 1 aromatic heterocycles. The molecule has 0 saturated carbocycles. The monoisotopic (exact) mass is 250 g/mol. The van der Waals surface area contributed by atoms with Gasteiger partial charge in [-0.3, -0.25) is 0 Å². The van der Waals surface area contributed by atoms with Gasteiger partial charge in [-0.05, 0) is 20.4 Å². The SMILES string of the molecule is CCNCc1cnc(N2CCOCC2C)nc1C. The average Bonchev–Trinajstić information content (AvgIpc) is 2.38. The second-order valence-electron chi connectivity index (χ2n) is 4.68. The second kappa shape index (κ2) is 6.11. The number of nitrogens with zero attached hydrogens (tertiary/aromatic N) is 3. The molecule has 5 nitrogen and oxygen atoms in total. The summed E-state index contributed by atoms with van der Waals surface area (Å²) in [6, 6.07) is 0.345. The maximum atomic E-state index is 5.43. The quantitative estimate of drug-likeness (QED) is 0.868. The molecule has 1 aromatic rings. The van der Waals surface area contributed by atoms with E-state index in [4.69, 9.17) is 4.74 Å². The van der Waals surface area contributed by atoms with Gasteiger partial charge < -0.3 is 15.0 Å². The summed E-state index contributed by atoms with van der Waals surface area (Å²) in [6.07, 6.45) is 1.93. The molecule has 1 aliphatic heterocycles. The van der Waals surface area contributed by atoms with Gasteiger partial charge in [-0.1, -0.05) is 6.92 Å². The molecule has 18 heavy (non-hydrogen) atoms. The number of aryl methyl sites for hydroxylation is 1. The van der Waals surface area contributed by atoms with E-state index < -0.39 is 0 Å². The molecule has 0 radical (unpaired) electrons. The predicted octanol–water partition coefficient (Wildman–Crippen LogP) is 1.12. The van der Waals surface area contributed by atoms with E-state index in [0.717, 1.165) is 44.5 Å². The lowest BCUT2D eigenvalue weighted by Gasteiger charge is -2.33. The topological polar surface area (TPSA) is 50.3 Å². The maximum Gasteiger partial charge on any atom is 0.225 e. The zero-order chi connectivity index (χ0) is 13.0. The van der Waals surface area contributed by atoms with Crippen molar-refractivity contribution < 1.29 is 4.74 Å². The summed E-state index contributed by atoms with van der Waals surface area (Å²) < 4.78 is 5.43. The fourth-order valence-electron chi connectivity index (χ4n) is 2.08. The van der Waals surface area contributed by atoms with Gasteiger partial charge in [0.15, 0.2) is 0 Å². The summed E-state index contributed by atoms with van der Waals surface area (Å²) in [5.41, 5.74) is 2.22. The summed E-state index contributed by atoms with van der Waals surface area (Å²) in [7, 11) is 0. The molecule has 1 N–H and O–H groups in total. The minimum absolute atomic E-state index is 0.345. The summed E-state index contributed by atoms with van der Waals surface area (Å²) in [5, 5.41) is 3.30. The Labute approximate surface area is 109 Å². The summed E-state index contributed by atoms with van der Waals surface area (Å²) in [5.74, 6) is 0.823. The first-order valence-corrected chi connectivity index (χ1v) is 6.60. The molecule has 1 saturated heterocycles. The fraction of sp³-hybridized carbons (Fsp3) is 0.692. The molecule has 0 aromatic carbocycles. The van der Waals surface area contributed by atoms with Crippen LogP contribution in [0.4, 0.5) is 5.95 Å². The minimum atomic E-state index is 0.345. The number of anilines is 1. The Balaban J connectivity index is 2.12. The molecule has 5 heteroatoms. The number of nitrogens with one attached hydrogen (secondary N) is 1. The van der Waals surface area contributed by atoms with E-state index >= 15 is 0 Å². The molecular weight excluding hydrogens is 228 g/mol. The van der Waals surface area contributed by atoms with Crippen LogP contribution in [0.1, 0.15) is 25.1 Å². The van der Waals surface area contributed by atoms with Crippen LogP contribution in [0.15, 0.2) is 6.20 Å². The normalized spacial score (nSPS) is 20.2. The highest BCUT2D eigenvalue weighted by Crippen LogP contribution is 2.16. The lowest BCUT2D eigenvalue weighted by atomic mass is 10.2. The van der Waals surface area contributed by atoms with E-state index in [-0.39, 0.29) is 0 Å². The van der Waals surface area contributed by atoms with Crippen LogP contribution in [0.25, 0.3) is 0 Å². The molecule has 2 heterocycles. The van der Waals surface area contributed by atoms with E-state index in [9.17, 15) is 0 Å². The molecule has 0 aliphatic carbocycles. The molecule has 0 spiro atoms. The highest BCUT2D eigenvalue weighted by molar-refractivity contribution is 5.34. The van der Waals surface area contributed by atoms with Crippen molar-refractivity contribution in [1.29, 1.82) is 0 Å². The predicted molar refractivity (Wildman–Crippen MR) is 71.8 cm³/mol. The first-order chi connectivity index (χ1) is 8.72. The maximum absolute atomic E-state index is 5.43. The van der Waals surface area contributed by atoms with E-state index in [1.165, 1.54) is 5.56 Å². The van der Waals surface area contributed by atoms with Crippen LogP contribution in [0.3, 0.4) is 0 Å². The Bertz CT molecular complexity index is 397. The third kappa shape index (κ3) is 2.97. The molecule has 100 valence electrons. The van der Waals surface area contributed by atoms with Gasteiger partial charge in [-0.2, -0.15) is 0 Å². The van der Waals surface area contributed by atoms with Crippen molar-refractivity contribution in [1.82, 2.24) is 15.3 Å². The van der Waals surface area contributed by atoms with Gasteiger partial charge in [-0.15, -0.1) is 0 Å². The Morgan fingerprint density at radius 3 is 3.06 bits per heavy atom. The Hall–Kier alpha value is -1.20. The van der Waals surface area contributed by atoms with Crippen molar-refractivity contribution in [2.24, 2.45) is 0 Å². The number of rotatable bonds is 4. The van der Waals surface area contributed by atoms with Crippen molar-refractivity contribution in [3.05, 3.63) is 17.5 Å². The highest BCUT2D eigenvalue weighted by Gasteiger charge is 2.21. The molecule has 0 bridgehead atoms. The zero-order valence-corrected chi connectivity index (χ0v) is 11.4. The van der Waals surface area contributed by atoms with Crippen molar-refractivity contribution in [3.63, 3.8) is 0 Å². The van der Waals surface area contributed by atoms with Crippen LogP contribution in [0.2, 0.25) is 0 Å². The number of hydrogen-bond acceptors (Lipinski definition) is 5. The third-order valence-electron chi connectivity index (χ3n) is 3.26. The summed E-state index contributed by atoms with van der Waals surface area (Å²) in [6.45, 7) is 10.5. The molecular formula is C13H22N4O. The number of hydrogen-bond donors (Lipinski definition) is 1. The van der Waals surface area contributed by atoms with Crippen molar-refractivity contribution in [2.75, 3.05) is 31.2 Å². The van der Waals surface area contributed by atoms with E-state index in [1.807, 2.05) is 13.1 Å². The van der Waals surface area contributed by atoms with Crippen LogP contribution >= 0.6 is 0 Å². The van der Waals surface area contributed by atoms with E-state index in [0.29, 0.717) is 6.04 Å². The largest absolute Gasteiger partial charge is 0.377 e. The third-order valence-corrected chi connectivity index (χ3v) is 3.26. The molecule has 0 amide bonds. The van der Waals surface area contributed by atoms with Crippen molar-refractivity contribution in [3.8, 4) is 0 Å². The molecule has 1 aliphatic rings. The first-order valence-electron chi connectivity index (χ1n) is 6.60. The van der Waals surface area contributed by atoms with Gasteiger partial charge in [0.25, 0.3) is 0 Å². The Morgan fingerprint density at radius 2 is 2.39 bits per heavy atom. The summed E-state index contributed by atoms with van der Waals surface area (Å²) >= 11 is 0. The van der Waals surface area contributed by atoms with Gasteiger partial charge in [0.1, 0.15) is 0 Å². The number of ether oxygens (including phenoxy) is 1. The van der Waals surface area contributed by atoms with Gasteiger partial charge in [0.2, 0.25) is 5.95 Å². The van der Waals surface area contributed by atoms with Crippen molar-refractivity contribution in [2.45, 2.75) is 33.4 Å². The van der Waals surface area contributed by atoms with Gasteiger partial charge in [0.05, 0.1) is 19.3 Å². The van der Waals surface area contributed by atoms with Crippen LogP contribution < -0.4 is 10.2 Å². The number of morpholine rings is 1. The van der Waals surface area contributed by atoms with Gasteiger partial charge in [-0.25, -0.2) is 9.97 Å². The average molecular weight is 250 g/mol. The summed E-state index contributed by atoms with van der Waals surface area (Å²) in [4.78, 5) is 11.3. The van der Waals surface area contributed by atoms with Crippen LogP contribution in [-0.2, 0) is 11.3 Å². The Kier molecular flexibility index (Phi) is 4.49. The Morgan fingerprint density at radius 1 is 1.56 bits per heavy atom. The molecule has 2 rings (SSSR count). The standard InChI is InChI=1S/C13H22N4O/c1-4-14-7-12-8-15-13(16-11(12)3)17-5-6-18-9-10(17)2/h8,10,14H,4-7,9H2,1-3H3. The lowest BCUT2D eigenvalue weighted by molar-refractivity contribution is 0.0980. The van der Waals surface area contributed by atoms with Gasteiger partial charge in [0, 0.05) is 30.5 Å². The lowest BCUT2D eigenvalue weighted by Crippen LogP contribution is -2.44. The smallest absolute Gasteiger partial charge is 0.225 e. The molecule has 1 unspecified atom stereocenters. The van der Waals surface area contributed by atoms with Crippen molar-refractivity contribution >= 4 is 5.95 Å². The van der Waals surface area contributed by atoms with Crippen LogP contribution in [0.5, 0.6) is 0 Å². The second-order valence-corrected chi connectivity index (χ2v) is 4.68. The van der Waals surface area contributed by atoms with E-state index in [1.54, 1.807) is 0 Å². The first kappa shape index (κ1) is 13.2. The number of aromatic nitrogens is 2. The minimum Gasteiger partial charge on any atom is -0.377 e. The molecule has 1 atom stereocenters. The van der Waals surface area contributed by atoms with Crippen LogP contribution in [0, 0.1) is 6.92 Å².